The predicted molar refractivity (Wildman–Crippen MR) is 102 cm³/mol. The van der Waals surface area contributed by atoms with Crippen LogP contribution in [0.4, 0.5) is 0 Å². The summed E-state index contributed by atoms with van der Waals surface area (Å²) < 4.78 is 1.73. The van der Waals surface area contributed by atoms with E-state index in [-0.39, 0.29) is 29.8 Å². The summed E-state index contributed by atoms with van der Waals surface area (Å²) in [5.74, 6) is 0.520. The molecular weight excluding hydrogens is 350 g/mol. The minimum Gasteiger partial charge on any atom is -0.339 e. The number of aromatic nitrogens is 3. The number of carbonyl (C=O) groups excluding carboxylic acids is 1. The smallest absolute Gasteiger partial charge is 0.226 e. The van der Waals surface area contributed by atoms with E-state index < -0.39 is 0 Å². The molecule has 1 saturated carbocycles. The Morgan fingerprint density at radius 2 is 2.00 bits per heavy atom. The van der Waals surface area contributed by atoms with Crippen molar-refractivity contribution < 1.29 is 4.79 Å². The molecule has 2 unspecified atom stereocenters. The number of piperidine rings is 1. The normalized spacial score (nSPS) is 21.7. The van der Waals surface area contributed by atoms with Crippen molar-refractivity contribution >= 4 is 18.3 Å². The van der Waals surface area contributed by atoms with Crippen molar-refractivity contribution in [3.05, 3.63) is 42.5 Å². The molecule has 4 rings (SSSR count). The Kier molecular flexibility index (Phi) is 5.34. The zero-order valence-corrected chi connectivity index (χ0v) is 16.1. The summed E-state index contributed by atoms with van der Waals surface area (Å²) >= 11 is 0. The van der Waals surface area contributed by atoms with Gasteiger partial charge in [0.25, 0.3) is 0 Å². The number of rotatable bonds is 4. The van der Waals surface area contributed by atoms with Gasteiger partial charge >= 0.3 is 0 Å². The lowest BCUT2D eigenvalue weighted by Crippen LogP contribution is -2.35. The van der Waals surface area contributed by atoms with E-state index >= 15 is 0 Å². The van der Waals surface area contributed by atoms with Crippen LogP contribution < -0.4 is 5.32 Å². The lowest BCUT2D eigenvalue weighted by molar-refractivity contribution is -0.134. The van der Waals surface area contributed by atoms with Gasteiger partial charge in [-0.25, -0.2) is 9.67 Å². The number of nitrogens with zero attached hydrogens (tertiary/aromatic N) is 4. The third-order valence-corrected chi connectivity index (χ3v) is 6.07. The maximum absolute atomic E-state index is 12.9. The molecule has 2 atom stereocenters. The van der Waals surface area contributed by atoms with E-state index in [1.54, 1.807) is 11.0 Å². The Balaban J connectivity index is 0.00000196. The zero-order chi connectivity index (χ0) is 17.4. The van der Waals surface area contributed by atoms with Crippen LogP contribution in [0.3, 0.4) is 0 Å². The molecule has 26 heavy (non-hydrogen) atoms. The molecule has 2 aromatic rings. The van der Waals surface area contributed by atoms with Gasteiger partial charge in [0.15, 0.2) is 0 Å². The van der Waals surface area contributed by atoms with Crippen molar-refractivity contribution in [2.45, 2.75) is 32.2 Å². The highest BCUT2D eigenvalue weighted by molar-refractivity contribution is 5.85. The van der Waals surface area contributed by atoms with Crippen molar-refractivity contribution in [3.8, 4) is 5.69 Å². The minimum absolute atomic E-state index is 0. The highest BCUT2D eigenvalue weighted by atomic mass is 35.5. The summed E-state index contributed by atoms with van der Waals surface area (Å²) in [5.41, 5.74) is 2.39. The fraction of sp³-hybridized carbons (Fsp3) is 0.526. The second-order valence-electron chi connectivity index (χ2n) is 7.43. The van der Waals surface area contributed by atoms with Crippen LogP contribution in [-0.4, -0.2) is 45.7 Å². The van der Waals surface area contributed by atoms with Gasteiger partial charge in [0.2, 0.25) is 5.91 Å². The van der Waals surface area contributed by atoms with Crippen LogP contribution in [0.15, 0.2) is 36.9 Å². The van der Waals surface area contributed by atoms with E-state index in [2.05, 4.69) is 34.5 Å². The molecule has 1 aromatic carbocycles. The van der Waals surface area contributed by atoms with Crippen LogP contribution in [0.25, 0.3) is 5.69 Å². The van der Waals surface area contributed by atoms with Crippen LogP contribution in [-0.2, 0) is 4.79 Å². The molecule has 7 heteroatoms. The van der Waals surface area contributed by atoms with Crippen LogP contribution in [0, 0.1) is 11.3 Å². The van der Waals surface area contributed by atoms with Crippen molar-refractivity contribution in [1.82, 2.24) is 25.0 Å². The third-order valence-electron chi connectivity index (χ3n) is 6.07. The second-order valence-corrected chi connectivity index (χ2v) is 7.43. The first-order valence-corrected chi connectivity index (χ1v) is 9.03. The number of amides is 1. The van der Waals surface area contributed by atoms with Gasteiger partial charge in [-0.15, -0.1) is 12.4 Å². The van der Waals surface area contributed by atoms with Crippen molar-refractivity contribution in [2.24, 2.45) is 11.3 Å². The van der Waals surface area contributed by atoms with Gasteiger partial charge in [-0.2, -0.15) is 5.10 Å². The highest BCUT2D eigenvalue weighted by Gasteiger charge is 2.58. The molecule has 2 fully saturated rings. The molecule has 1 N–H and O–H groups in total. The molecule has 1 aromatic heterocycles. The van der Waals surface area contributed by atoms with Crippen molar-refractivity contribution in [3.63, 3.8) is 0 Å². The van der Waals surface area contributed by atoms with Gasteiger partial charge in [0, 0.05) is 13.0 Å². The molecule has 1 amide bonds. The number of carbonyl (C=O) groups is 1. The van der Waals surface area contributed by atoms with E-state index in [9.17, 15) is 4.79 Å². The van der Waals surface area contributed by atoms with Crippen LogP contribution in [0.2, 0.25) is 0 Å². The predicted octanol–water partition coefficient (Wildman–Crippen LogP) is 2.60. The van der Waals surface area contributed by atoms with E-state index in [1.165, 1.54) is 6.33 Å². The minimum atomic E-state index is 0. The molecule has 0 bridgehead atoms. The monoisotopic (exact) mass is 375 g/mol. The number of nitrogens with one attached hydrogen (secondary N) is 1. The zero-order valence-electron chi connectivity index (χ0n) is 15.3. The van der Waals surface area contributed by atoms with Gasteiger partial charge in [-0.05, 0) is 62.4 Å². The molecule has 1 saturated heterocycles. The highest BCUT2D eigenvalue weighted by Crippen LogP contribution is 2.59. The summed E-state index contributed by atoms with van der Waals surface area (Å²) in [6, 6.07) is 8.24. The summed E-state index contributed by atoms with van der Waals surface area (Å²) in [7, 11) is 1.94. The Hall–Kier alpha value is -1.92. The molecule has 1 aliphatic heterocycles. The van der Waals surface area contributed by atoms with Crippen LogP contribution in [0.5, 0.6) is 0 Å². The summed E-state index contributed by atoms with van der Waals surface area (Å²) in [6.07, 6.45) is 6.54. The van der Waals surface area contributed by atoms with Gasteiger partial charge in [0.1, 0.15) is 12.7 Å². The molecule has 0 radical (unpaired) electrons. The average Bonchev–Trinajstić information content (AvgIpc) is 3.09. The number of hydrogen-bond acceptors (Lipinski definition) is 4. The lowest BCUT2D eigenvalue weighted by Gasteiger charge is -2.28. The molecule has 1 spiro atoms. The largest absolute Gasteiger partial charge is 0.339 e. The molecule has 6 nitrogen and oxygen atoms in total. The molecular formula is C19H26ClN5O. The fourth-order valence-electron chi connectivity index (χ4n) is 4.08. The van der Waals surface area contributed by atoms with E-state index in [0.717, 1.165) is 43.6 Å². The van der Waals surface area contributed by atoms with E-state index in [4.69, 9.17) is 0 Å². The molecule has 2 heterocycles. The van der Waals surface area contributed by atoms with Crippen LogP contribution in [0.1, 0.15) is 37.8 Å². The molecule has 140 valence electrons. The first-order chi connectivity index (χ1) is 12.1. The average molecular weight is 376 g/mol. The van der Waals surface area contributed by atoms with Crippen molar-refractivity contribution in [1.29, 1.82) is 0 Å². The Labute approximate surface area is 160 Å². The SMILES string of the molecule is CC(c1ccc(-n2cncn2)cc1)N(C)C(=O)C1CC12CCNCC2.Cl. The Bertz CT molecular complexity index is 740. The van der Waals surface area contributed by atoms with Crippen LogP contribution >= 0.6 is 12.4 Å². The van der Waals surface area contributed by atoms with Gasteiger partial charge < -0.3 is 10.2 Å². The third kappa shape index (κ3) is 3.35. The number of halogens is 1. The second kappa shape index (κ2) is 7.37. The van der Waals surface area contributed by atoms with E-state index in [1.807, 2.05) is 24.1 Å². The van der Waals surface area contributed by atoms with E-state index in [0.29, 0.717) is 5.91 Å². The number of benzene rings is 1. The molecule has 1 aliphatic carbocycles. The van der Waals surface area contributed by atoms with Gasteiger partial charge in [-0.1, -0.05) is 12.1 Å². The summed E-state index contributed by atoms with van der Waals surface area (Å²) in [5, 5.41) is 7.54. The lowest BCUT2D eigenvalue weighted by atomic mass is 9.91. The topological polar surface area (TPSA) is 63.1 Å². The Morgan fingerprint density at radius 3 is 2.62 bits per heavy atom. The Morgan fingerprint density at radius 1 is 1.31 bits per heavy atom. The first kappa shape index (κ1) is 18.9. The quantitative estimate of drug-likeness (QED) is 0.892. The first-order valence-electron chi connectivity index (χ1n) is 9.03. The van der Waals surface area contributed by atoms with Gasteiger partial charge in [-0.3, -0.25) is 4.79 Å². The standard InChI is InChI=1S/C19H25N5O.ClH/c1-14(15-3-5-16(6-4-15)24-13-21-12-22-24)23(2)18(25)17-11-19(17)7-9-20-10-8-19;/h3-6,12-14,17,20H,7-11H2,1-2H3;1H. The van der Waals surface area contributed by atoms with Crippen molar-refractivity contribution in [2.75, 3.05) is 20.1 Å². The maximum atomic E-state index is 12.9. The van der Waals surface area contributed by atoms with Gasteiger partial charge in [0.05, 0.1) is 11.7 Å². The summed E-state index contributed by atoms with van der Waals surface area (Å²) in [6.45, 7) is 4.19. The fourth-order valence-corrected chi connectivity index (χ4v) is 4.08. The molecule has 2 aliphatic rings. The maximum Gasteiger partial charge on any atom is 0.226 e. The summed E-state index contributed by atoms with van der Waals surface area (Å²) in [4.78, 5) is 18.8. The number of hydrogen-bond donors (Lipinski definition) is 1.